The molecule has 21 heavy (non-hydrogen) atoms. The molecular weight excluding hydrogens is 262 g/mol. The molecule has 0 bridgehead atoms. The summed E-state index contributed by atoms with van der Waals surface area (Å²) >= 11 is 0. The molecule has 1 rings (SSSR count). The maximum Gasteiger partial charge on any atom is 0.230 e. The van der Waals surface area contributed by atoms with Gasteiger partial charge in [0.15, 0.2) is 0 Å². The Morgan fingerprint density at radius 2 is 1.90 bits per heavy atom. The molecule has 3 nitrogen and oxygen atoms in total. The van der Waals surface area contributed by atoms with Crippen LogP contribution in [0.4, 0.5) is 5.69 Å². The van der Waals surface area contributed by atoms with Gasteiger partial charge in [-0.15, -0.1) is 0 Å². The van der Waals surface area contributed by atoms with Crippen molar-refractivity contribution in [1.82, 2.24) is 0 Å². The molecule has 1 aromatic rings. The van der Waals surface area contributed by atoms with Crippen LogP contribution in [0.2, 0.25) is 0 Å². The first kappa shape index (κ1) is 17.7. The predicted molar refractivity (Wildman–Crippen MR) is 87.2 cm³/mol. The number of hydrogen-bond donors (Lipinski definition) is 2. The van der Waals surface area contributed by atoms with Gasteiger partial charge in [0.2, 0.25) is 5.91 Å². The summed E-state index contributed by atoms with van der Waals surface area (Å²) in [5, 5.41) is 13.2. The van der Waals surface area contributed by atoms with Crippen LogP contribution < -0.4 is 5.32 Å². The van der Waals surface area contributed by atoms with Gasteiger partial charge in [-0.05, 0) is 43.5 Å². The number of benzene rings is 1. The van der Waals surface area contributed by atoms with Crippen LogP contribution >= 0.6 is 0 Å². The number of amides is 1. The Kier molecular flexibility index (Phi) is 8.06. The SMILES string of the molecule is CCCC[C@H](C(=O)Nc1c[c]cc(C)c1)[C@@H](O)CCCC. The smallest absolute Gasteiger partial charge is 0.230 e. The van der Waals surface area contributed by atoms with E-state index in [0.29, 0.717) is 6.42 Å². The first-order valence-corrected chi connectivity index (χ1v) is 8.05. The molecule has 0 saturated heterocycles. The molecule has 0 saturated carbocycles. The second-order valence-corrected chi connectivity index (χ2v) is 5.75. The number of unbranched alkanes of at least 4 members (excludes halogenated alkanes) is 2. The molecule has 2 N–H and O–H groups in total. The van der Waals surface area contributed by atoms with Gasteiger partial charge in [0.1, 0.15) is 0 Å². The van der Waals surface area contributed by atoms with E-state index in [1.165, 1.54) is 0 Å². The third-order valence-electron chi connectivity index (χ3n) is 3.72. The molecule has 1 amide bonds. The topological polar surface area (TPSA) is 49.3 Å². The standard InChI is InChI=1S/C18H28NO2/c1-4-6-11-16(17(20)12-7-5-2)18(21)19-15-10-8-9-14(3)13-15/h9-10,13,16-17,20H,4-7,11-12H2,1-3H3,(H,19,21)/t16-,17-/m0/s1. The van der Waals surface area contributed by atoms with Gasteiger partial charge in [0.05, 0.1) is 12.0 Å². The molecule has 0 aliphatic carbocycles. The van der Waals surface area contributed by atoms with Gasteiger partial charge >= 0.3 is 0 Å². The normalized spacial score (nSPS) is 13.7. The fraction of sp³-hybridized carbons (Fsp3) is 0.611. The van der Waals surface area contributed by atoms with Crippen molar-refractivity contribution in [1.29, 1.82) is 0 Å². The van der Waals surface area contributed by atoms with Crippen molar-refractivity contribution in [2.24, 2.45) is 5.92 Å². The zero-order chi connectivity index (χ0) is 15.7. The zero-order valence-corrected chi connectivity index (χ0v) is 13.5. The van der Waals surface area contributed by atoms with E-state index < -0.39 is 6.10 Å². The van der Waals surface area contributed by atoms with Crippen molar-refractivity contribution in [2.45, 2.75) is 65.4 Å². The lowest BCUT2D eigenvalue weighted by atomic mass is 9.91. The minimum atomic E-state index is -0.551. The fourth-order valence-corrected chi connectivity index (χ4v) is 2.44. The van der Waals surface area contributed by atoms with E-state index in [2.05, 4.69) is 25.2 Å². The van der Waals surface area contributed by atoms with E-state index in [-0.39, 0.29) is 11.8 Å². The molecule has 2 atom stereocenters. The van der Waals surface area contributed by atoms with E-state index in [0.717, 1.165) is 43.4 Å². The number of aryl methyl sites for hydroxylation is 1. The number of aliphatic hydroxyl groups excluding tert-OH is 1. The Morgan fingerprint density at radius 1 is 1.24 bits per heavy atom. The highest BCUT2D eigenvalue weighted by atomic mass is 16.3. The molecule has 0 heterocycles. The summed E-state index contributed by atoms with van der Waals surface area (Å²) in [7, 11) is 0. The monoisotopic (exact) mass is 290 g/mol. The lowest BCUT2D eigenvalue weighted by Gasteiger charge is -2.22. The van der Waals surface area contributed by atoms with Crippen LogP contribution in [0.3, 0.4) is 0 Å². The van der Waals surface area contributed by atoms with Crippen LogP contribution in [0.25, 0.3) is 0 Å². The van der Waals surface area contributed by atoms with Gasteiger partial charge in [0.25, 0.3) is 0 Å². The molecule has 117 valence electrons. The number of nitrogens with one attached hydrogen (secondary N) is 1. The van der Waals surface area contributed by atoms with E-state index in [4.69, 9.17) is 0 Å². The molecule has 0 aliphatic rings. The first-order valence-electron chi connectivity index (χ1n) is 8.05. The molecule has 0 fully saturated rings. The van der Waals surface area contributed by atoms with Crippen LogP contribution in [-0.4, -0.2) is 17.1 Å². The fourth-order valence-electron chi connectivity index (χ4n) is 2.44. The van der Waals surface area contributed by atoms with Gasteiger partial charge in [-0.25, -0.2) is 0 Å². The Hall–Kier alpha value is -1.35. The summed E-state index contributed by atoms with van der Waals surface area (Å²) in [6, 6.07) is 8.56. The molecule has 0 aromatic heterocycles. The Balaban J connectivity index is 2.69. The summed E-state index contributed by atoms with van der Waals surface area (Å²) in [5.41, 5.74) is 1.81. The van der Waals surface area contributed by atoms with Crippen molar-refractivity contribution < 1.29 is 9.90 Å². The molecule has 0 unspecified atom stereocenters. The second-order valence-electron chi connectivity index (χ2n) is 5.75. The maximum atomic E-state index is 12.4. The quantitative estimate of drug-likeness (QED) is 0.719. The van der Waals surface area contributed by atoms with Crippen LogP contribution in [-0.2, 0) is 4.79 Å². The highest BCUT2D eigenvalue weighted by Gasteiger charge is 2.25. The van der Waals surface area contributed by atoms with Crippen LogP contribution in [0.15, 0.2) is 18.2 Å². The van der Waals surface area contributed by atoms with Crippen molar-refractivity contribution in [2.75, 3.05) is 5.32 Å². The van der Waals surface area contributed by atoms with Gasteiger partial charge in [0, 0.05) is 5.69 Å². The number of hydrogen-bond acceptors (Lipinski definition) is 2. The number of aliphatic hydroxyl groups is 1. The van der Waals surface area contributed by atoms with Gasteiger partial charge in [-0.2, -0.15) is 0 Å². The Labute approximate surface area is 128 Å². The molecule has 1 aromatic carbocycles. The van der Waals surface area contributed by atoms with E-state index >= 15 is 0 Å². The molecule has 3 heteroatoms. The van der Waals surface area contributed by atoms with Gasteiger partial charge < -0.3 is 10.4 Å². The maximum absolute atomic E-state index is 12.4. The summed E-state index contributed by atoms with van der Waals surface area (Å²) in [4.78, 5) is 12.4. The Morgan fingerprint density at radius 3 is 2.52 bits per heavy atom. The van der Waals surface area contributed by atoms with Crippen LogP contribution in [0.1, 0.15) is 57.9 Å². The van der Waals surface area contributed by atoms with Crippen LogP contribution in [0.5, 0.6) is 0 Å². The zero-order valence-electron chi connectivity index (χ0n) is 13.5. The molecule has 1 radical (unpaired) electrons. The summed E-state index contributed by atoms with van der Waals surface area (Å²) in [6.07, 6.45) is 4.86. The van der Waals surface area contributed by atoms with Crippen molar-refractivity contribution in [3.63, 3.8) is 0 Å². The minimum Gasteiger partial charge on any atom is -0.392 e. The highest BCUT2D eigenvalue weighted by Crippen LogP contribution is 2.20. The molecular formula is C18H28NO2. The highest BCUT2D eigenvalue weighted by molar-refractivity contribution is 5.92. The van der Waals surface area contributed by atoms with Crippen molar-refractivity contribution in [3.05, 3.63) is 29.8 Å². The third-order valence-corrected chi connectivity index (χ3v) is 3.72. The minimum absolute atomic E-state index is 0.0777. The largest absolute Gasteiger partial charge is 0.392 e. The number of rotatable bonds is 9. The lowest BCUT2D eigenvalue weighted by Crippen LogP contribution is -2.33. The summed E-state index contributed by atoms with van der Waals surface area (Å²) < 4.78 is 0. The first-order chi connectivity index (χ1) is 10.1. The van der Waals surface area contributed by atoms with Crippen LogP contribution in [0, 0.1) is 18.9 Å². The number of carbonyl (C=O) groups excluding carboxylic acids is 1. The van der Waals surface area contributed by atoms with E-state index in [1.807, 2.05) is 19.1 Å². The molecule has 0 spiro atoms. The second kappa shape index (κ2) is 9.56. The average Bonchev–Trinajstić information content (AvgIpc) is 2.45. The predicted octanol–water partition coefficient (Wildman–Crippen LogP) is 4.09. The number of anilines is 1. The average molecular weight is 290 g/mol. The van der Waals surface area contributed by atoms with Gasteiger partial charge in [-0.3, -0.25) is 4.79 Å². The van der Waals surface area contributed by atoms with E-state index in [9.17, 15) is 9.90 Å². The summed E-state index contributed by atoms with van der Waals surface area (Å²) in [5.74, 6) is -0.400. The third kappa shape index (κ3) is 6.30. The summed E-state index contributed by atoms with van der Waals surface area (Å²) in [6.45, 7) is 6.16. The van der Waals surface area contributed by atoms with E-state index in [1.54, 1.807) is 6.07 Å². The Bertz CT molecular complexity index is 431. The number of carbonyl (C=O) groups is 1. The lowest BCUT2D eigenvalue weighted by molar-refractivity contribution is -0.123. The van der Waals surface area contributed by atoms with Gasteiger partial charge in [-0.1, -0.05) is 45.6 Å². The van der Waals surface area contributed by atoms with Crippen molar-refractivity contribution in [3.8, 4) is 0 Å². The van der Waals surface area contributed by atoms with Crippen molar-refractivity contribution >= 4 is 11.6 Å². The molecule has 0 aliphatic heterocycles.